The number of ether oxygens (including phenoxy) is 2. The van der Waals surface area contributed by atoms with Crippen molar-refractivity contribution >= 4 is 0 Å². The molecule has 4 heteroatoms. The average Bonchev–Trinajstić information content (AvgIpc) is 3.18. The zero-order valence-corrected chi connectivity index (χ0v) is 12.5. The fourth-order valence-corrected chi connectivity index (χ4v) is 3.56. The summed E-state index contributed by atoms with van der Waals surface area (Å²) in [7, 11) is 0. The quantitative estimate of drug-likeness (QED) is 0.873. The number of benzene rings is 1. The van der Waals surface area contributed by atoms with Crippen LogP contribution in [0.5, 0.6) is 0 Å². The van der Waals surface area contributed by atoms with Gasteiger partial charge in [-0.2, -0.15) is 0 Å². The Balaban J connectivity index is 1.61. The number of nitrogens with zero attached hydrogens (tertiary/aromatic N) is 1. The van der Waals surface area contributed by atoms with E-state index in [2.05, 4.69) is 17.0 Å². The van der Waals surface area contributed by atoms with Gasteiger partial charge in [0.05, 0.1) is 25.9 Å². The molecule has 0 aliphatic carbocycles. The van der Waals surface area contributed by atoms with Crippen LogP contribution in [0.4, 0.5) is 0 Å². The van der Waals surface area contributed by atoms with Gasteiger partial charge in [-0.3, -0.25) is 4.90 Å². The van der Waals surface area contributed by atoms with E-state index < -0.39 is 0 Å². The van der Waals surface area contributed by atoms with E-state index in [1.807, 2.05) is 18.2 Å². The summed E-state index contributed by atoms with van der Waals surface area (Å²) in [4.78, 5) is 2.46. The van der Waals surface area contributed by atoms with Gasteiger partial charge in [0.1, 0.15) is 0 Å². The van der Waals surface area contributed by atoms with Crippen LogP contribution in [0.1, 0.15) is 37.3 Å². The first kappa shape index (κ1) is 15.0. The molecule has 1 N–H and O–H groups in total. The first-order valence-electron chi connectivity index (χ1n) is 8.03. The summed E-state index contributed by atoms with van der Waals surface area (Å²) in [6.45, 7) is 2.69. The SMILES string of the molecule is OC[C@@H](c1ccccc1)N1CCC[C@@H]1CCC1OCCO1. The maximum Gasteiger partial charge on any atom is 0.157 e. The van der Waals surface area contributed by atoms with Crippen LogP contribution < -0.4 is 0 Å². The second-order valence-electron chi connectivity index (χ2n) is 5.89. The van der Waals surface area contributed by atoms with Gasteiger partial charge in [0.25, 0.3) is 0 Å². The molecule has 0 aromatic heterocycles. The van der Waals surface area contributed by atoms with Gasteiger partial charge in [0, 0.05) is 6.04 Å². The standard InChI is InChI=1S/C17H25NO3/c19-13-16(14-5-2-1-3-6-14)18-10-4-7-15(18)8-9-17-20-11-12-21-17/h1-3,5-6,15-17,19H,4,7-13H2/t15-,16+/m1/s1. The average molecular weight is 291 g/mol. The Morgan fingerprint density at radius 1 is 1.14 bits per heavy atom. The molecule has 1 aromatic rings. The number of rotatable bonds is 6. The molecule has 2 heterocycles. The number of hydrogen-bond donors (Lipinski definition) is 1. The molecule has 0 spiro atoms. The van der Waals surface area contributed by atoms with Crippen molar-refractivity contribution in [2.45, 2.75) is 44.1 Å². The molecular weight excluding hydrogens is 266 g/mol. The van der Waals surface area contributed by atoms with Crippen LogP contribution in [0, 0.1) is 0 Å². The lowest BCUT2D eigenvalue weighted by atomic mass is 10.0. The van der Waals surface area contributed by atoms with E-state index in [9.17, 15) is 5.11 Å². The Bertz CT molecular complexity index is 419. The first-order chi connectivity index (χ1) is 10.4. The summed E-state index contributed by atoms with van der Waals surface area (Å²) >= 11 is 0. The largest absolute Gasteiger partial charge is 0.394 e. The van der Waals surface area contributed by atoms with Crippen LogP contribution in [0.2, 0.25) is 0 Å². The van der Waals surface area contributed by atoms with Crippen molar-refractivity contribution in [2.75, 3.05) is 26.4 Å². The Morgan fingerprint density at radius 3 is 2.62 bits per heavy atom. The number of likely N-dealkylation sites (tertiary alicyclic amines) is 1. The highest BCUT2D eigenvalue weighted by molar-refractivity contribution is 5.19. The molecule has 0 radical (unpaired) electrons. The maximum absolute atomic E-state index is 9.85. The summed E-state index contributed by atoms with van der Waals surface area (Å²) in [5, 5.41) is 9.85. The zero-order valence-electron chi connectivity index (χ0n) is 12.5. The molecule has 0 bridgehead atoms. The highest BCUT2D eigenvalue weighted by Gasteiger charge is 2.32. The fourth-order valence-electron chi connectivity index (χ4n) is 3.56. The summed E-state index contributed by atoms with van der Waals surface area (Å²) in [6, 6.07) is 11.0. The van der Waals surface area contributed by atoms with Gasteiger partial charge in [0.15, 0.2) is 6.29 Å². The Kier molecular flexibility index (Phi) is 5.25. The smallest absolute Gasteiger partial charge is 0.157 e. The lowest BCUT2D eigenvalue weighted by Gasteiger charge is -2.32. The molecule has 2 atom stereocenters. The molecule has 0 unspecified atom stereocenters. The Labute approximate surface area is 126 Å². The fraction of sp³-hybridized carbons (Fsp3) is 0.647. The van der Waals surface area contributed by atoms with Crippen molar-refractivity contribution in [1.29, 1.82) is 0 Å². The Morgan fingerprint density at radius 2 is 1.90 bits per heavy atom. The third-order valence-electron chi connectivity index (χ3n) is 4.61. The van der Waals surface area contributed by atoms with Crippen LogP contribution in [0.15, 0.2) is 30.3 Å². The third kappa shape index (κ3) is 3.64. The van der Waals surface area contributed by atoms with Crippen molar-refractivity contribution in [3.05, 3.63) is 35.9 Å². The molecule has 2 aliphatic rings. The lowest BCUT2D eigenvalue weighted by molar-refractivity contribution is -0.0520. The van der Waals surface area contributed by atoms with Gasteiger partial charge in [-0.25, -0.2) is 0 Å². The van der Waals surface area contributed by atoms with Crippen LogP contribution in [-0.2, 0) is 9.47 Å². The predicted molar refractivity (Wildman–Crippen MR) is 80.9 cm³/mol. The molecule has 2 fully saturated rings. The molecule has 2 saturated heterocycles. The third-order valence-corrected chi connectivity index (χ3v) is 4.61. The Hall–Kier alpha value is -0.940. The van der Waals surface area contributed by atoms with Gasteiger partial charge in [-0.05, 0) is 37.8 Å². The van der Waals surface area contributed by atoms with E-state index >= 15 is 0 Å². The van der Waals surface area contributed by atoms with Gasteiger partial charge in [0.2, 0.25) is 0 Å². The molecule has 2 aliphatic heterocycles. The van der Waals surface area contributed by atoms with Crippen LogP contribution in [-0.4, -0.2) is 48.7 Å². The topological polar surface area (TPSA) is 41.9 Å². The van der Waals surface area contributed by atoms with Crippen molar-refractivity contribution in [1.82, 2.24) is 4.90 Å². The zero-order chi connectivity index (χ0) is 14.5. The van der Waals surface area contributed by atoms with E-state index in [1.54, 1.807) is 0 Å². The van der Waals surface area contributed by atoms with Crippen molar-refractivity contribution in [3.8, 4) is 0 Å². The van der Waals surface area contributed by atoms with E-state index in [0.717, 1.165) is 32.6 Å². The summed E-state index contributed by atoms with van der Waals surface area (Å²) in [5.74, 6) is 0. The summed E-state index contributed by atoms with van der Waals surface area (Å²) in [5.41, 5.74) is 1.21. The normalized spacial score (nSPS) is 25.5. The molecule has 116 valence electrons. The summed E-state index contributed by atoms with van der Waals surface area (Å²) in [6.07, 6.45) is 4.43. The minimum absolute atomic E-state index is 0.0169. The molecule has 0 saturated carbocycles. The van der Waals surface area contributed by atoms with E-state index in [4.69, 9.17) is 9.47 Å². The molecular formula is C17H25NO3. The van der Waals surface area contributed by atoms with E-state index in [0.29, 0.717) is 6.04 Å². The highest BCUT2D eigenvalue weighted by atomic mass is 16.7. The highest BCUT2D eigenvalue weighted by Crippen LogP contribution is 2.32. The van der Waals surface area contributed by atoms with Gasteiger partial charge in [-0.1, -0.05) is 30.3 Å². The van der Waals surface area contributed by atoms with Crippen LogP contribution in [0.3, 0.4) is 0 Å². The first-order valence-corrected chi connectivity index (χ1v) is 8.03. The number of aliphatic hydroxyl groups excluding tert-OH is 1. The van der Waals surface area contributed by atoms with Gasteiger partial charge < -0.3 is 14.6 Å². The molecule has 1 aromatic carbocycles. The van der Waals surface area contributed by atoms with Crippen molar-refractivity contribution in [3.63, 3.8) is 0 Å². The molecule has 0 amide bonds. The molecule has 3 rings (SSSR count). The van der Waals surface area contributed by atoms with Gasteiger partial charge in [-0.15, -0.1) is 0 Å². The maximum atomic E-state index is 9.85. The predicted octanol–water partition coefficient (Wildman–Crippen LogP) is 2.34. The lowest BCUT2D eigenvalue weighted by Crippen LogP contribution is -2.36. The van der Waals surface area contributed by atoms with Crippen molar-refractivity contribution < 1.29 is 14.6 Å². The van der Waals surface area contributed by atoms with Crippen LogP contribution in [0.25, 0.3) is 0 Å². The minimum atomic E-state index is -0.0169. The number of aliphatic hydroxyl groups is 1. The molecule has 21 heavy (non-hydrogen) atoms. The van der Waals surface area contributed by atoms with Crippen molar-refractivity contribution in [2.24, 2.45) is 0 Å². The number of hydrogen-bond acceptors (Lipinski definition) is 4. The van der Waals surface area contributed by atoms with E-state index in [-0.39, 0.29) is 18.9 Å². The second kappa shape index (κ2) is 7.36. The van der Waals surface area contributed by atoms with Gasteiger partial charge >= 0.3 is 0 Å². The molecule has 4 nitrogen and oxygen atoms in total. The van der Waals surface area contributed by atoms with E-state index in [1.165, 1.54) is 18.4 Å². The second-order valence-corrected chi connectivity index (χ2v) is 5.89. The van der Waals surface area contributed by atoms with Crippen LogP contribution >= 0.6 is 0 Å². The monoisotopic (exact) mass is 291 g/mol. The summed E-state index contributed by atoms with van der Waals surface area (Å²) < 4.78 is 11.1. The minimum Gasteiger partial charge on any atom is -0.394 e.